The number of carbonyl (C=O) groups is 3. The lowest BCUT2D eigenvalue weighted by atomic mass is 9.89. The van der Waals surface area contributed by atoms with Crippen molar-refractivity contribution in [2.45, 2.75) is 74.7 Å². The highest BCUT2D eigenvalue weighted by molar-refractivity contribution is 7.98. The number of piperidine rings is 1. The van der Waals surface area contributed by atoms with Gasteiger partial charge in [-0.2, -0.15) is 0 Å². The predicted octanol–water partition coefficient (Wildman–Crippen LogP) is 4.41. The summed E-state index contributed by atoms with van der Waals surface area (Å²) in [6, 6.07) is 14.0. The first-order valence-corrected chi connectivity index (χ1v) is 13.7. The van der Waals surface area contributed by atoms with E-state index in [9.17, 15) is 14.4 Å². The van der Waals surface area contributed by atoms with E-state index in [0.717, 1.165) is 35.2 Å². The van der Waals surface area contributed by atoms with Crippen LogP contribution in [-0.2, 0) is 28.4 Å². The molecule has 1 saturated heterocycles. The Kier molecular flexibility index (Phi) is 7.54. The second kappa shape index (κ2) is 11.0. The largest absolute Gasteiger partial charge is 0.322 e. The molecule has 6 nitrogen and oxygen atoms in total. The molecular formula is C28H33N3O3S. The highest BCUT2D eigenvalue weighted by Gasteiger charge is 2.39. The first-order valence-electron chi connectivity index (χ1n) is 12.8. The van der Waals surface area contributed by atoms with E-state index in [0.29, 0.717) is 18.5 Å². The maximum absolute atomic E-state index is 13.0. The molecule has 7 heteroatoms. The summed E-state index contributed by atoms with van der Waals surface area (Å²) < 4.78 is 0. The van der Waals surface area contributed by atoms with E-state index in [1.54, 1.807) is 16.7 Å². The van der Waals surface area contributed by atoms with Crippen LogP contribution in [0.15, 0.2) is 47.4 Å². The fourth-order valence-corrected chi connectivity index (χ4v) is 6.46. The molecule has 2 heterocycles. The number of imide groups is 1. The Hall–Kier alpha value is -2.64. The zero-order valence-electron chi connectivity index (χ0n) is 20.1. The van der Waals surface area contributed by atoms with E-state index >= 15 is 0 Å². The molecule has 1 aliphatic carbocycles. The Labute approximate surface area is 211 Å². The summed E-state index contributed by atoms with van der Waals surface area (Å²) in [4.78, 5) is 39.5. The van der Waals surface area contributed by atoms with Gasteiger partial charge in [0.1, 0.15) is 6.04 Å². The maximum Gasteiger partial charge on any atom is 0.255 e. The van der Waals surface area contributed by atoms with Gasteiger partial charge in [0.2, 0.25) is 11.8 Å². The van der Waals surface area contributed by atoms with Crippen LogP contribution in [0.3, 0.4) is 0 Å². The molecule has 0 spiro atoms. The van der Waals surface area contributed by atoms with Crippen molar-refractivity contribution in [2.24, 2.45) is 5.92 Å². The molecule has 184 valence electrons. The predicted molar refractivity (Wildman–Crippen MR) is 137 cm³/mol. The number of thioether (sulfide) groups is 1. The SMILES string of the molecule is O=C1CCC(N2Cc3c(SCc4ccc(CNCC5CCCCC5)cc4)cccc3C2=O)C(=O)N1. The highest BCUT2D eigenvalue weighted by atomic mass is 32.2. The number of benzene rings is 2. The molecule has 2 fully saturated rings. The summed E-state index contributed by atoms with van der Waals surface area (Å²) >= 11 is 1.72. The Morgan fingerprint density at radius 2 is 1.71 bits per heavy atom. The van der Waals surface area contributed by atoms with Crippen LogP contribution in [0.2, 0.25) is 0 Å². The molecule has 0 radical (unpaired) electrons. The third-order valence-corrected chi connectivity index (χ3v) is 8.61. The number of nitrogens with one attached hydrogen (secondary N) is 2. The topological polar surface area (TPSA) is 78.5 Å². The summed E-state index contributed by atoms with van der Waals surface area (Å²) in [6.07, 6.45) is 7.54. The molecule has 0 aromatic heterocycles. The van der Waals surface area contributed by atoms with Gasteiger partial charge >= 0.3 is 0 Å². The van der Waals surface area contributed by atoms with Gasteiger partial charge in [-0.05, 0) is 60.5 Å². The Morgan fingerprint density at radius 3 is 2.49 bits per heavy atom. The van der Waals surface area contributed by atoms with Crippen molar-refractivity contribution < 1.29 is 14.4 Å². The minimum Gasteiger partial charge on any atom is -0.322 e. The number of rotatable bonds is 8. The van der Waals surface area contributed by atoms with Crippen molar-refractivity contribution in [3.63, 3.8) is 0 Å². The number of carbonyl (C=O) groups excluding carboxylic acids is 3. The van der Waals surface area contributed by atoms with E-state index < -0.39 is 6.04 Å². The van der Waals surface area contributed by atoms with E-state index in [4.69, 9.17) is 0 Å². The quantitative estimate of drug-likeness (QED) is 0.423. The number of amides is 3. The number of fused-ring (bicyclic) bond motifs is 1. The zero-order valence-corrected chi connectivity index (χ0v) is 20.9. The van der Waals surface area contributed by atoms with Crippen molar-refractivity contribution >= 4 is 29.5 Å². The molecule has 35 heavy (non-hydrogen) atoms. The first-order chi connectivity index (χ1) is 17.1. The lowest BCUT2D eigenvalue weighted by Gasteiger charge is -2.29. The number of hydrogen-bond donors (Lipinski definition) is 2. The fraction of sp³-hybridized carbons (Fsp3) is 0.464. The van der Waals surface area contributed by atoms with Crippen molar-refractivity contribution in [3.8, 4) is 0 Å². The summed E-state index contributed by atoms with van der Waals surface area (Å²) in [5.41, 5.74) is 4.20. The van der Waals surface area contributed by atoms with Crippen molar-refractivity contribution in [2.75, 3.05) is 6.54 Å². The minimum absolute atomic E-state index is 0.123. The van der Waals surface area contributed by atoms with Gasteiger partial charge in [-0.1, -0.05) is 49.6 Å². The van der Waals surface area contributed by atoms with Gasteiger partial charge in [-0.15, -0.1) is 11.8 Å². The monoisotopic (exact) mass is 491 g/mol. The average Bonchev–Trinajstić information content (AvgIpc) is 3.21. The van der Waals surface area contributed by atoms with E-state index in [1.807, 2.05) is 18.2 Å². The number of hydrogen-bond acceptors (Lipinski definition) is 5. The molecule has 1 saturated carbocycles. The van der Waals surface area contributed by atoms with Crippen LogP contribution in [0.25, 0.3) is 0 Å². The van der Waals surface area contributed by atoms with Gasteiger partial charge in [-0.3, -0.25) is 19.7 Å². The summed E-state index contributed by atoms with van der Waals surface area (Å²) in [7, 11) is 0. The van der Waals surface area contributed by atoms with Gasteiger partial charge in [0.25, 0.3) is 5.91 Å². The van der Waals surface area contributed by atoms with Gasteiger partial charge in [0, 0.05) is 35.7 Å². The standard InChI is InChI=1S/C28H33N3O3S/c32-26-14-13-24(27(33)30-26)31-17-23-22(28(31)34)7-4-8-25(23)35-18-21-11-9-20(10-12-21)16-29-15-19-5-2-1-3-6-19/h4,7-12,19,24,29H,1-3,5-6,13-18H2,(H,30,32,33). The third-order valence-electron chi connectivity index (χ3n) is 7.44. The van der Waals surface area contributed by atoms with Crippen LogP contribution in [0, 0.1) is 5.92 Å². The second-order valence-corrected chi connectivity index (χ2v) is 10.9. The van der Waals surface area contributed by atoms with Crippen LogP contribution in [-0.4, -0.2) is 35.2 Å². The van der Waals surface area contributed by atoms with Gasteiger partial charge in [0.15, 0.2) is 0 Å². The molecule has 2 aromatic carbocycles. The third kappa shape index (κ3) is 5.62. The second-order valence-electron chi connectivity index (χ2n) is 9.92. The average molecular weight is 492 g/mol. The minimum atomic E-state index is -0.579. The van der Waals surface area contributed by atoms with Crippen molar-refractivity contribution in [1.82, 2.24) is 15.5 Å². The van der Waals surface area contributed by atoms with Gasteiger partial charge in [0.05, 0.1) is 0 Å². The zero-order chi connectivity index (χ0) is 24.2. The molecule has 5 rings (SSSR count). The molecule has 2 aliphatic heterocycles. The molecule has 1 atom stereocenters. The molecular weight excluding hydrogens is 458 g/mol. The van der Waals surface area contributed by atoms with E-state index in [1.165, 1.54) is 43.2 Å². The number of nitrogens with zero attached hydrogens (tertiary/aromatic N) is 1. The van der Waals surface area contributed by atoms with Crippen LogP contribution in [0.4, 0.5) is 0 Å². The van der Waals surface area contributed by atoms with Crippen LogP contribution in [0.5, 0.6) is 0 Å². The fourth-order valence-electron chi connectivity index (χ4n) is 5.42. The van der Waals surface area contributed by atoms with Crippen LogP contribution in [0.1, 0.15) is 72.0 Å². The summed E-state index contributed by atoms with van der Waals surface area (Å²) in [5.74, 6) is 0.896. The lowest BCUT2D eigenvalue weighted by Crippen LogP contribution is -2.52. The smallest absolute Gasteiger partial charge is 0.255 e. The lowest BCUT2D eigenvalue weighted by molar-refractivity contribution is -0.136. The molecule has 2 N–H and O–H groups in total. The molecule has 1 unspecified atom stereocenters. The Bertz CT molecular complexity index is 1100. The van der Waals surface area contributed by atoms with Crippen LogP contribution < -0.4 is 10.6 Å². The Morgan fingerprint density at radius 1 is 0.943 bits per heavy atom. The molecule has 0 bridgehead atoms. The Balaban J connectivity index is 1.16. The first kappa shape index (κ1) is 24.1. The van der Waals surface area contributed by atoms with Crippen molar-refractivity contribution in [3.05, 3.63) is 64.7 Å². The van der Waals surface area contributed by atoms with Gasteiger partial charge in [-0.25, -0.2) is 0 Å². The molecule has 3 aliphatic rings. The van der Waals surface area contributed by atoms with Crippen molar-refractivity contribution in [1.29, 1.82) is 0 Å². The summed E-state index contributed by atoms with van der Waals surface area (Å²) in [6.45, 7) is 2.44. The van der Waals surface area contributed by atoms with Gasteiger partial charge < -0.3 is 10.2 Å². The highest BCUT2D eigenvalue weighted by Crippen LogP contribution is 2.35. The molecule has 2 aromatic rings. The van der Waals surface area contributed by atoms with Crippen LogP contribution >= 0.6 is 11.8 Å². The van der Waals surface area contributed by atoms with E-state index in [-0.39, 0.29) is 24.1 Å². The maximum atomic E-state index is 13.0. The molecule has 3 amide bonds. The van der Waals surface area contributed by atoms with E-state index in [2.05, 4.69) is 34.9 Å². The normalized spacial score (nSPS) is 20.7. The summed E-state index contributed by atoms with van der Waals surface area (Å²) in [5, 5.41) is 6.00.